The first kappa shape index (κ1) is 18.2. The number of benzene rings is 2. The lowest BCUT2D eigenvalue weighted by Gasteiger charge is -2.43. The predicted octanol–water partition coefficient (Wildman–Crippen LogP) is 3.89. The topological polar surface area (TPSA) is 43.1 Å². The van der Waals surface area contributed by atoms with Crippen molar-refractivity contribution in [3.63, 3.8) is 0 Å². The SMILES string of the molecule is CC[N+](CC)(Cc1ccccc1)C(C(N)=O)c1c(C)cccc1C. The average molecular weight is 325 g/mol. The predicted molar refractivity (Wildman–Crippen MR) is 99.3 cm³/mol. The minimum atomic E-state index is -0.332. The van der Waals surface area contributed by atoms with E-state index in [2.05, 4.69) is 52.0 Å². The van der Waals surface area contributed by atoms with E-state index in [0.29, 0.717) is 4.48 Å². The Morgan fingerprint density at radius 2 is 1.50 bits per heavy atom. The minimum absolute atomic E-state index is 0.243. The van der Waals surface area contributed by atoms with Gasteiger partial charge in [0, 0.05) is 11.1 Å². The zero-order valence-corrected chi connectivity index (χ0v) is 15.3. The number of carbonyl (C=O) groups is 1. The Morgan fingerprint density at radius 1 is 0.958 bits per heavy atom. The first-order chi connectivity index (χ1) is 11.4. The molecule has 2 aromatic carbocycles. The highest BCUT2D eigenvalue weighted by Gasteiger charge is 2.41. The van der Waals surface area contributed by atoms with Gasteiger partial charge in [0.05, 0.1) is 13.1 Å². The number of hydrogen-bond donors (Lipinski definition) is 1. The average Bonchev–Trinajstić information content (AvgIpc) is 2.57. The normalized spacial score (nSPS) is 12.8. The third-order valence-corrected chi connectivity index (χ3v) is 5.23. The summed E-state index contributed by atoms with van der Waals surface area (Å²) < 4.78 is 0.644. The monoisotopic (exact) mass is 325 g/mol. The van der Waals surface area contributed by atoms with Gasteiger partial charge in [-0.15, -0.1) is 0 Å². The van der Waals surface area contributed by atoms with E-state index in [9.17, 15) is 4.79 Å². The van der Waals surface area contributed by atoms with Crippen molar-refractivity contribution < 1.29 is 9.28 Å². The second-order valence-electron chi connectivity index (χ2n) is 6.61. The van der Waals surface area contributed by atoms with Gasteiger partial charge < -0.3 is 10.2 Å². The van der Waals surface area contributed by atoms with Gasteiger partial charge in [0.2, 0.25) is 0 Å². The molecule has 128 valence electrons. The molecule has 2 N–H and O–H groups in total. The van der Waals surface area contributed by atoms with E-state index in [-0.39, 0.29) is 11.9 Å². The molecular weight excluding hydrogens is 296 g/mol. The molecule has 1 unspecified atom stereocenters. The summed E-state index contributed by atoms with van der Waals surface area (Å²) in [5.74, 6) is -0.243. The fraction of sp³-hybridized carbons (Fsp3) is 0.381. The van der Waals surface area contributed by atoms with E-state index in [1.807, 2.05) is 24.3 Å². The first-order valence-corrected chi connectivity index (χ1v) is 8.70. The zero-order valence-electron chi connectivity index (χ0n) is 15.3. The lowest BCUT2D eigenvalue weighted by Crippen LogP contribution is -2.54. The number of rotatable bonds is 7. The highest BCUT2D eigenvalue weighted by atomic mass is 16.1. The third kappa shape index (κ3) is 3.51. The lowest BCUT2D eigenvalue weighted by atomic mass is 9.92. The molecule has 0 spiro atoms. The van der Waals surface area contributed by atoms with Crippen LogP contribution in [0.3, 0.4) is 0 Å². The molecule has 0 fully saturated rings. The molecule has 3 heteroatoms. The number of aryl methyl sites for hydroxylation is 2. The van der Waals surface area contributed by atoms with Crippen molar-refractivity contribution in [1.82, 2.24) is 0 Å². The molecule has 0 aliphatic heterocycles. The van der Waals surface area contributed by atoms with Gasteiger partial charge in [-0.3, -0.25) is 4.79 Å². The van der Waals surface area contributed by atoms with E-state index in [1.165, 1.54) is 5.56 Å². The zero-order chi connectivity index (χ0) is 17.7. The summed E-state index contributed by atoms with van der Waals surface area (Å²) in [6.07, 6.45) is 0. The summed E-state index contributed by atoms with van der Waals surface area (Å²) in [6, 6.07) is 16.2. The Morgan fingerprint density at radius 3 is 1.96 bits per heavy atom. The Hall–Kier alpha value is -2.13. The van der Waals surface area contributed by atoms with E-state index >= 15 is 0 Å². The highest BCUT2D eigenvalue weighted by molar-refractivity contribution is 5.81. The number of carbonyl (C=O) groups excluding carboxylic acids is 1. The van der Waals surface area contributed by atoms with Gasteiger partial charge in [-0.25, -0.2) is 0 Å². The summed E-state index contributed by atoms with van der Waals surface area (Å²) in [6.45, 7) is 10.9. The molecule has 2 rings (SSSR count). The molecular formula is C21H29N2O+. The number of primary amides is 1. The van der Waals surface area contributed by atoms with Gasteiger partial charge >= 0.3 is 0 Å². The Balaban J connectivity index is 2.58. The minimum Gasteiger partial charge on any atom is -0.364 e. The van der Waals surface area contributed by atoms with Crippen LogP contribution >= 0.6 is 0 Å². The molecule has 2 aromatic rings. The third-order valence-electron chi connectivity index (χ3n) is 5.23. The molecule has 0 aliphatic rings. The van der Waals surface area contributed by atoms with Crippen molar-refractivity contribution in [2.75, 3.05) is 13.1 Å². The van der Waals surface area contributed by atoms with Crippen LogP contribution in [0.15, 0.2) is 48.5 Å². The van der Waals surface area contributed by atoms with Crippen LogP contribution in [-0.4, -0.2) is 23.5 Å². The van der Waals surface area contributed by atoms with Crippen molar-refractivity contribution in [2.24, 2.45) is 5.73 Å². The van der Waals surface area contributed by atoms with Gasteiger partial charge in [0.1, 0.15) is 6.54 Å². The highest BCUT2D eigenvalue weighted by Crippen LogP contribution is 2.34. The molecule has 3 nitrogen and oxygen atoms in total. The molecule has 0 aromatic heterocycles. The maximum absolute atomic E-state index is 12.6. The molecule has 0 heterocycles. The van der Waals surface area contributed by atoms with Crippen molar-refractivity contribution >= 4 is 5.91 Å². The van der Waals surface area contributed by atoms with Gasteiger partial charge in [0.15, 0.2) is 6.04 Å². The molecule has 1 atom stereocenters. The standard InChI is InChI=1S/C21H28N2O/c1-5-23(6-2,15-18-13-8-7-9-14-18)20(21(22)24)19-16(3)11-10-12-17(19)4/h7-14,20H,5-6,15H2,1-4H3,(H-,22,24)/p+1. The van der Waals surface area contributed by atoms with Crippen LogP contribution in [0.25, 0.3) is 0 Å². The van der Waals surface area contributed by atoms with E-state index in [0.717, 1.165) is 36.3 Å². The second kappa shape index (κ2) is 7.63. The molecule has 0 radical (unpaired) electrons. The molecule has 0 saturated carbocycles. The maximum Gasteiger partial charge on any atom is 0.280 e. The van der Waals surface area contributed by atoms with Crippen LogP contribution < -0.4 is 5.73 Å². The number of nitrogens with two attached hydrogens (primary N) is 1. The largest absolute Gasteiger partial charge is 0.364 e. The van der Waals surface area contributed by atoms with Crippen molar-refractivity contribution in [2.45, 2.75) is 40.3 Å². The number of likely N-dealkylation sites (N-methyl/N-ethyl adjacent to an activating group) is 1. The van der Waals surface area contributed by atoms with Crippen LogP contribution in [0.4, 0.5) is 0 Å². The Labute approximate surface area is 145 Å². The first-order valence-electron chi connectivity index (χ1n) is 8.70. The van der Waals surface area contributed by atoms with Crippen LogP contribution in [0, 0.1) is 13.8 Å². The van der Waals surface area contributed by atoms with E-state index < -0.39 is 0 Å². The molecule has 1 amide bonds. The van der Waals surface area contributed by atoms with Crippen LogP contribution in [0.2, 0.25) is 0 Å². The summed E-state index contributed by atoms with van der Waals surface area (Å²) in [7, 11) is 0. The summed E-state index contributed by atoms with van der Waals surface area (Å²) in [5.41, 5.74) is 10.5. The van der Waals surface area contributed by atoms with Gasteiger partial charge in [-0.1, -0.05) is 48.5 Å². The summed E-state index contributed by atoms with van der Waals surface area (Å²) >= 11 is 0. The maximum atomic E-state index is 12.6. The summed E-state index contributed by atoms with van der Waals surface area (Å²) in [4.78, 5) is 12.6. The molecule has 24 heavy (non-hydrogen) atoms. The van der Waals surface area contributed by atoms with Crippen molar-refractivity contribution in [3.05, 3.63) is 70.8 Å². The molecule has 0 bridgehead atoms. The van der Waals surface area contributed by atoms with Crippen molar-refractivity contribution in [1.29, 1.82) is 0 Å². The number of quaternary nitrogens is 1. The van der Waals surface area contributed by atoms with Crippen LogP contribution in [-0.2, 0) is 11.3 Å². The quantitative estimate of drug-likeness (QED) is 0.771. The number of hydrogen-bond acceptors (Lipinski definition) is 1. The summed E-state index contributed by atoms with van der Waals surface area (Å²) in [5, 5.41) is 0. The fourth-order valence-electron chi connectivity index (χ4n) is 3.80. The smallest absolute Gasteiger partial charge is 0.280 e. The van der Waals surface area contributed by atoms with Crippen molar-refractivity contribution in [3.8, 4) is 0 Å². The molecule has 0 saturated heterocycles. The van der Waals surface area contributed by atoms with Gasteiger partial charge in [0.25, 0.3) is 5.91 Å². The fourth-order valence-corrected chi connectivity index (χ4v) is 3.80. The Kier molecular flexibility index (Phi) is 5.79. The van der Waals surface area contributed by atoms with Gasteiger partial charge in [-0.05, 0) is 38.8 Å². The van der Waals surface area contributed by atoms with Crippen LogP contribution in [0.1, 0.15) is 42.1 Å². The van der Waals surface area contributed by atoms with E-state index in [1.54, 1.807) is 0 Å². The second-order valence-corrected chi connectivity index (χ2v) is 6.61. The lowest BCUT2D eigenvalue weighted by molar-refractivity contribution is -0.957. The van der Waals surface area contributed by atoms with E-state index in [4.69, 9.17) is 5.73 Å². The molecule has 0 aliphatic carbocycles. The van der Waals surface area contributed by atoms with Gasteiger partial charge in [-0.2, -0.15) is 0 Å². The number of amides is 1. The number of nitrogens with zero attached hydrogens (tertiary/aromatic N) is 1. The van der Waals surface area contributed by atoms with Crippen LogP contribution in [0.5, 0.6) is 0 Å². The Bertz CT molecular complexity index is 670.